The van der Waals surface area contributed by atoms with E-state index in [2.05, 4.69) is 21.2 Å². The Balaban J connectivity index is 2.10. The Hall–Kier alpha value is -3.57. The Morgan fingerprint density at radius 3 is 2.27 bits per heavy atom. The molecular weight excluding hydrogens is 610 g/mol. The number of methoxy groups -OCH3 is 2. The normalized spacial score (nSPS) is 12.6. The van der Waals surface area contributed by atoms with E-state index >= 15 is 0 Å². The Morgan fingerprint density at radius 2 is 1.66 bits per heavy atom. The van der Waals surface area contributed by atoms with Crippen molar-refractivity contribution in [3.05, 3.63) is 82.8 Å². The molecule has 9 nitrogen and oxygen atoms in total. The van der Waals surface area contributed by atoms with Crippen LogP contribution in [0.1, 0.15) is 32.8 Å². The molecular formula is C30H36BrN3O6S. The molecule has 0 aliphatic carbocycles. The number of hydrogen-bond donors (Lipinski definition) is 1. The monoisotopic (exact) mass is 645 g/mol. The maximum absolute atomic E-state index is 14.1. The topological polar surface area (TPSA) is 105 Å². The minimum absolute atomic E-state index is 0.00113. The fourth-order valence-corrected chi connectivity index (χ4v) is 5.99. The third kappa shape index (κ3) is 8.01. The smallest absolute Gasteiger partial charge is 0.264 e. The summed E-state index contributed by atoms with van der Waals surface area (Å²) in [4.78, 5) is 28.7. The number of ether oxygens (including phenoxy) is 2. The van der Waals surface area contributed by atoms with Crippen molar-refractivity contribution in [2.45, 2.75) is 50.7 Å². The molecule has 220 valence electrons. The van der Waals surface area contributed by atoms with E-state index in [1.54, 1.807) is 37.3 Å². The van der Waals surface area contributed by atoms with Crippen molar-refractivity contribution in [1.82, 2.24) is 10.2 Å². The molecule has 2 atom stereocenters. The van der Waals surface area contributed by atoms with Crippen LogP contribution in [0.2, 0.25) is 0 Å². The third-order valence-electron chi connectivity index (χ3n) is 6.68. The minimum atomic E-state index is -4.25. The van der Waals surface area contributed by atoms with Crippen molar-refractivity contribution in [2.24, 2.45) is 0 Å². The van der Waals surface area contributed by atoms with Gasteiger partial charge in [-0.1, -0.05) is 53.2 Å². The lowest BCUT2D eigenvalue weighted by molar-refractivity contribution is -0.139. The van der Waals surface area contributed by atoms with Crippen molar-refractivity contribution in [1.29, 1.82) is 0 Å². The predicted molar refractivity (Wildman–Crippen MR) is 163 cm³/mol. The van der Waals surface area contributed by atoms with Gasteiger partial charge in [0.2, 0.25) is 11.8 Å². The molecule has 41 heavy (non-hydrogen) atoms. The molecule has 2 amide bonds. The van der Waals surface area contributed by atoms with Gasteiger partial charge in [-0.15, -0.1) is 0 Å². The number of nitrogens with zero attached hydrogens (tertiary/aromatic N) is 2. The minimum Gasteiger partial charge on any atom is -0.497 e. The molecule has 2 unspecified atom stereocenters. The highest BCUT2D eigenvalue weighted by Gasteiger charge is 2.34. The van der Waals surface area contributed by atoms with Gasteiger partial charge >= 0.3 is 0 Å². The van der Waals surface area contributed by atoms with E-state index in [0.717, 1.165) is 20.8 Å². The Kier molecular flexibility index (Phi) is 11.2. The Morgan fingerprint density at radius 1 is 0.951 bits per heavy atom. The van der Waals surface area contributed by atoms with Gasteiger partial charge in [-0.2, -0.15) is 0 Å². The van der Waals surface area contributed by atoms with Crippen molar-refractivity contribution < 1.29 is 27.5 Å². The summed E-state index contributed by atoms with van der Waals surface area (Å²) >= 11 is 3.45. The zero-order valence-corrected chi connectivity index (χ0v) is 26.2. The Labute approximate surface area is 250 Å². The maximum Gasteiger partial charge on any atom is 0.264 e. The van der Waals surface area contributed by atoms with Crippen molar-refractivity contribution in [3.63, 3.8) is 0 Å². The molecule has 0 fully saturated rings. The van der Waals surface area contributed by atoms with Crippen LogP contribution in [0.25, 0.3) is 0 Å². The van der Waals surface area contributed by atoms with Gasteiger partial charge in [-0.25, -0.2) is 8.42 Å². The van der Waals surface area contributed by atoms with Gasteiger partial charge in [0.1, 0.15) is 24.1 Å². The van der Waals surface area contributed by atoms with E-state index in [0.29, 0.717) is 5.75 Å². The molecule has 0 bridgehead atoms. The van der Waals surface area contributed by atoms with Gasteiger partial charge in [-0.05, 0) is 62.2 Å². The number of anilines is 1. The van der Waals surface area contributed by atoms with Crippen molar-refractivity contribution in [2.75, 3.05) is 25.1 Å². The van der Waals surface area contributed by atoms with Crippen LogP contribution in [0.15, 0.2) is 82.2 Å². The molecule has 11 heteroatoms. The van der Waals surface area contributed by atoms with Crippen LogP contribution in [0.3, 0.4) is 0 Å². The zero-order valence-electron chi connectivity index (χ0n) is 23.8. The van der Waals surface area contributed by atoms with Gasteiger partial charge in [0, 0.05) is 23.1 Å². The van der Waals surface area contributed by atoms with Gasteiger partial charge in [0.25, 0.3) is 10.0 Å². The number of amides is 2. The van der Waals surface area contributed by atoms with E-state index in [1.807, 2.05) is 38.1 Å². The first-order valence-corrected chi connectivity index (χ1v) is 15.4. The molecule has 3 rings (SSSR count). The second-order valence-electron chi connectivity index (χ2n) is 9.51. The summed E-state index contributed by atoms with van der Waals surface area (Å²) in [6, 6.07) is 19.0. The number of halogens is 1. The van der Waals surface area contributed by atoms with Crippen molar-refractivity contribution >= 4 is 43.5 Å². The second kappa shape index (κ2) is 14.4. The SMILES string of the molecule is CCC(C)NC(=O)C(C)N(Cc1cccc(Br)c1)C(=O)CN(c1cc(OC)ccc1OC)S(=O)(=O)c1ccccc1. The second-order valence-corrected chi connectivity index (χ2v) is 12.3. The molecule has 0 aliphatic heterocycles. The number of sulfonamides is 1. The zero-order chi connectivity index (χ0) is 30.2. The standard InChI is InChI=1S/C30H36BrN3O6S/c1-6-21(2)32-30(36)22(3)33(19-23-11-10-12-24(31)17-23)29(35)20-34(41(37,38)26-13-8-7-9-14-26)27-18-25(39-4)15-16-28(27)40-5/h7-18,21-22H,6,19-20H2,1-5H3,(H,32,36). The predicted octanol–water partition coefficient (Wildman–Crippen LogP) is 4.99. The van der Waals surface area contributed by atoms with Gasteiger partial charge < -0.3 is 19.7 Å². The molecule has 0 spiro atoms. The van der Waals surface area contributed by atoms with Gasteiger partial charge in [0.15, 0.2) is 0 Å². The number of rotatable bonds is 13. The van der Waals surface area contributed by atoms with Crippen LogP contribution >= 0.6 is 15.9 Å². The number of hydrogen-bond acceptors (Lipinski definition) is 6. The molecule has 0 aliphatic rings. The third-order valence-corrected chi connectivity index (χ3v) is 8.94. The summed E-state index contributed by atoms with van der Waals surface area (Å²) in [5.74, 6) is -0.284. The van der Waals surface area contributed by atoms with Crippen LogP contribution in [-0.4, -0.2) is 58.0 Å². The number of nitrogens with one attached hydrogen (secondary N) is 1. The summed E-state index contributed by atoms with van der Waals surface area (Å²) in [6.45, 7) is 4.97. The summed E-state index contributed by atoms with van der Waals surface area (Å²) < 4.78 is 40.7. The molecule has 0 saturated carbocycles. The molecule has 0 saturated heterocycles. The van der Waals surface area contributed by atoms with E-state index in [4.69, 9.17) is 9.47 Å². The van der Waals surface area contributed by atoms with E-state index in [1.165, 1.54) is 37.3 Å². The first-order chi connectivity index (χ1) is 19.5. The summed E-state index contributed by atoms with van der Waals surface area (Å²) in [5.41, 5.74) is 0.899. The summed E-state index contributed by atoms with van der Waals surface area (Å²) in [6.07, 6.45) is 0.719. The fraction of sp³-hybridized carbons (Fsp3) is 0.333. The number of carbonyl (C=O) groups is 2. The molecule has 3 aromatic rings. The molecule has 0 heterocycles. The highest BCUT2D eigenvalue weighted by Crippen LogP contribution is 2.36. The summed E-state index contributed by atoms with van der Waals surface area (Å²) in [5, 5.41) is 2.93. The molecule has 3 aromatic carbocycles. The number of carbonyl (C=O) groups excluding carboxylic acids is 2. The van der Waals surface area contributed by atoms with Gasteiger partial charge in [0.05, 0.1) is 24.8 Å². The largest absolute Gasteiger partial charge is 0.497 e. The quantitative estimate of drug-likeness (QED) is 0.281. The maximum atomic E-state index is 14.1. The lowest BCUT2D eigenvalue weighted by Crippen LogP contribution is -2.52. The fourth-order valence-electron chi connectivity index (χ4n) is 4.10. The summed E-state index contributed by atoms with van der Waals surface area (Å²) in [7, 11) is -1.37. The Bertz CT molecular complexity index is 1450. The average Bonchev–Trinajstić information content (AvgIpc) is 2.98. The van der Waals surface area contributed by atoms with E-state index in [-0.39, 0.29) is 34.8 Å². The molecule has 1 N–H and O–H groups in total. The first-order valence-electron chi connectivity index (χ1n) is 13.2. The average molecular weight is 647 g/mol. The number of benzene rings is 3. The lowest BCUT2D eigenvalue weighted by Gasteiger charge is -2.33. The highest BCUT2D eigenvalue weighted by molar-refractivity contribution is 9.10. The van der Waals surface area contributed by atoms with Gasteiger partial charge in [-0.3, -0.25) is 13.9 Å². The highest BCUT2D eigenvalue weighted by atomic mass is 79.9. The van der Waals surface area contributed by atoms with E-state index in [9.17, 15) is 18.0 Å². The van der Waals surface area contributed by atoms with Crippen LogP contribution in [0, 0.1) is 0 Å². The first kappa shape index (κ1) is 32.0. The molecule has 0 radical (unpaired) electrons. The van der Waals surface area contributed by atoms with Crippen LogP contribution in [-0.2, 0) is 26.2 Å². The van der Waals surface area contributed by atoms with Crippen LogP contribution in [0.5, 0.6) is 11.5 Å². The van der Waals surface area contributed by atoms with Crippen molar-refractivity contribution in [3.8, 4) is 11.5 Å². The van der Waals surface area contributed by atoms with E-state index < -0.39 is 28.5 Å². The van der Waals surface area contributed by atoms with Crippen LogP contribution < -0.4 is 19.1 Å². The van der Waals surface area contributed by atoms with Crippen LogP contribution in [0.4, 0.5) is 5.69 Å². The molecule has 0 aromatic heterocycles. The lowest BCUT2D eigenvalue weighted by atomic mass is 10.1.